The van der Waals surface area contributed by atoms with Gasteiger partial charge in [0.25, 0.3) is 0 Å². The maximum atomic E-state index is 6.44. The lowest BCUT2D eigenvalue weighted by molar-refractivity contribution is 0.669. The van der Waals surface area contributed by atoms with E-state index in [2.05, 4.69) is 98.8 Å². The molecule has 9 rings (SSSR count). The van der Waals surface area contributed by atoms with Gasteiger partial charge in [0.1, 0.15) is 11.2 Å². The Morgan fingerprint density at radius 2 is 0.922 bits per heavy atom. The molecule has 0 aliphatic carbocycles. The van der Waals surface area contributed by atoms with Crippen LogP contribution in [0.5, 0.6) is 0 Å². The fraction of sp³-hybridized carbons (Fsp3) is 0.170. The molecule has 0 atom stereocenters. The van der Waals surface area contributed by atoms with Crippen molar-refractivity contribution in [2.24, 2.45) is 0 Å². The number of fused-ring (bicyclic) bond motifs is 10. The summed E-state index contributed by atoms with van der Waals surface area (Å²) in [6.07, 6.45) is 6.90. The minimum Gasteiger partial charge on any atom is -0.456 e. The first-order valence-electron chi connectivity index (χ1n) is 18.3. The molecule has 0 bridgehead atoms. The Hall–Kier alpha value is -5.87. The van der Waals surface area contributed by atoms with E-state index in [0.717, 1.165) is 46.1 Å². The molecule has 0 aliphatic heterocycles. The highest BCUT2D eigenvalue weighted by Gasteiger charge is 2.19. The van der Waals surface area contributed by atoms with Gasteiger partial charge in [-0.3, -0.25) is 0 Å². The fourth-order valence-corrected chi connectivity index (χ4v) is 7.72. The third-order valence-electron chi connectivity index (χ3n) is 10.3. The maximum Gasteiger partial charge on any atom is 0.164 e. The van der Waals surface area contributed by atoms with Crippen molar-refractivity contribution in [1.29, 1.82) is 0 Å². The van der Waals surface area contributed by atoms with Crippen molar-refractivity contribution < 1.29 is 4.42 Å². The van der Waals surface area contributed by atoms with Gasteiger partial charge in [-0.1, -0.05) is 130 Å². The average molecular weight is 662 g/mol. The number of unbranched alkanes of at least 4 members (excludes halogenated alkanes) is 2. The number of nitrogens with zero attached hydrogens (tertiary/aromatic N) is 3. The highest BCUT2D eigenvalue weighted by molar-refractivity contribution is 6.34. The third-order valence-corrected chi connectivity index (χ3v) is 10.3. The van der Waals surface area contributed by atoms with Gasteiger partial charge in [-0.05, 0) is 88.0 Å². The summed E-state index contributed by atoms with van der Waals surface area (Å²) in [4.78, 5) is 15.2. The molecule has 0 aliphatic rings. The zero-order chi connectivity index (χ0) is 34.3. The molecule has 0 unspecified atom stereocenters. The molecule has 0 fully saturated rings. The number of aromatic nitrogens is 3. The van der Waals surface area contributed by atoms with E-state index < -0.39 is 0 Å². The molecule has 51 heavy (non-hydrogen) atoms. The highest BCUT2D eigenvalue weighted by Crippen LogP contribution is 2.44. The standard InChI is InChI=1S/C47H39N3O/c1-3-5-15-32-27-38-36-25-26-42-44(37-21-13-14-22-41(37)51-42)43(36)35-24-23-34(29-39(35)40(38)28-33(32)16-6-4-2)47-49-45(30-17-9-7-10-18-30)48-46(50-47)31-19-11-8-12-20-31/h7-14,17-29H,3-6,15-16H2,1-2H3. The van der Waals surface area contributed by atoms with Crippen LogP contribution in [0.4, 0.5) is 0 Å². The number of furan rings is 1. The van der Waals surface area contributed by atoms with Gasteiger partial charge in [0.15, 0.2) is 17.5 Å². The monoisotopic (exact) mass is 661 g/mol. The van der Waals surface area contributed by atoms with Crippen LogP contribution in [0, 0.1) is 0 Å². The smallest absolute Gasteiger partial charge is 0.164 e. The Kier molecular flexibility index (Phi) is 8.00. The minimum absolute atomic E-state index is 0.663. The molecule has 248 valence electrons. The van der Waals surface area contributed by atoms with Crippen LogP contribution in [0.2, 0.25) is 0 Å². The maximum absolute atomic E-state index is 6.44. The van der Waals surface area contributed by atoms with Gasteiger partial charge in [-0.2, -0.15) is 0 Å². The summed E-state index contributed by atoms with van der Waals surface area (Å²) < 4.78 is 6.44. The predicted octanol–water partition coefficient (Wildman–Crippen LogP) is 12.9. The summed E-state index contributed by atoms with van der Waals surface area (Å²) in [5, 5.41) is 9.80. The van der Waals surface area contributed by atoms with Gasteiger partial charge in [-0.15, -0.1) is 0 Å². The Bertz CT molecular complexity index is 2650. The van der Waals surface area contributed by atoms with Crippen LogP contribution in [0.15, 0.2) is 132 Å². The number of aryl methyl sites for hydroxylation is 2. The average Bonchev–Trinajstić information content (AvgIpc) is 3.58. The minimum atomic E-state index is 0.663. The van der Waals surface area contributed by atoms with Crippen LogP contribution in [0.3, 0.4) is 0 Å². The zero-order valence-corrected chi connectivity index (χ0v) is 29.1. The van der Waals surface area contributed by atoms with Crippen molar-refractivity contribution in [2.75, 3.05) is 0 Å². The van der Waals surface area contributed by atoms with Crippen molar-refractivity contribution in [3.63, 3.8) is 0 Å². The van der Waals surface area contributed by atoms with Crippen LogP contribution in [-0.2, 0) is 12.8 Å². The van der Waals surface area contributed by atoms with Crippen LogP contribution >= 0.6 is 0 Å². The second-order valence-electron chi connectivity index (χ2n) is 13.6. The SMILES string of the molecule is CCCCc1cc2c3cc(-c4nc(-c5ccccc5)nc(-c5ccccc5)n4)ccc3c3c(ccc4oc5ccccc5c43)c2cc1CCCC. The first-order valence-corrected chi connectivity index (χ1v) is 18.3. The number of benzene rings is 7. The Labute approximate surface area is 297 Å². The van der Waals surface area contributed by atoms with E-state index in [4.69, 9.17) is 19.4 Å². The van der Waals surface area contributed by atoms with Gasteiger partial charge in [-0.25, -0.2) is 15.0 Å². The molecule has 2 aromatic heterocycles. The normalized spacial score (nSPS) is 11.8. The predicted molar refractivity (Wildman–Crippen MR) is 213 cm³/mol. The topological polar surface area (TPSA) is 51.8 Å². The van der Waals surface area contributed by atoms with Crippen LogP contribution in [0.25, 0.3) is 88.4 Å². The van der Waals surface area contributed by atoms with E-state index in [9.17, 15) is 0 Å². The molecule has 0 saturated carbocycles. The van der Waals surface area contributed by atoms with E-state index in [1.807, 2.05) is 42.5 Å². The van der Waals surface area contributed by atoms with Crippen molar-refractivity contribution in [3.05, 3.63) is 139 Å². The Morgan fingerprint density at radius 3 is 1.53 bits per heavy atom. The molecule has 2 heterocycles. The van der Waals surface area contributed by atoms with Crippen LogP contribution < -0.4 is 0 Å². The summed E-state index contributed by atoms with van der Waals surface area (Å²) in [7, 11) is 0. The van der Waals surface area contributed by atoms with Crippen molar-refractivity contribution in [1.82, 2.24) is 15.0 Å². The lowest BCUT2D eigenvalue weighted by Gasteiger charge is -2.17. The first kappa shape index (κ1) is 31.1. The van der Waals surface area contributed by atoms with E-state index in [-0.39, 0.29) is 0 Å². The second-order valence-corrected chi connectivity index (χ2v) is 13.6. The quantitative estimate of drug-likeness (QED) is 0.144. The molecule has 9 aromatic rings. The number of hydrogen-bond acceptors (Lipinski definition) is 4. The Morgan fingerprint density at radius 1 is 0.412 bits per heavy atom. The molecule has 4 nitrogen and oxygen atoms in total. The largest absolute Gasteiger partial charge is 0.456 e. The van der Waals surface area contributed by atoms with E-state index in [1.54, 1.807) is 0 Å². The molecule has 0 radical (unpaired) electrons. The number of hydrogen-bond donors (Lipinski definition) is 0. The second kappa shape index (κ2) is 13.1. The molecular weight excluding hydrogens is 623 g/mol. The lowest BCUT2D eigenvalue weighted by atomic mass is 9.87. The van der Waals surface area contributed by atoms with Crippen LogP contribution in [-0.4, -0.2) is 15.0 Å². The molecule has 7 aromatic carbocycles. The van der Waals surface area contributed by atoms with E-state index in [1.165, 1.54) is 74.5 Å². The third kappa shape index (κ3) is 5.52. The van der Waals surface area contributed by atoms with Gasteiger partial charge < -0.3 is 4.42 Å². The summed E-state index contributed by atoms with van der Waals surface area (Å²) in [5.74, 6) is 1.99. The molecule has 0 amide bonds. The summed E-state index contributed by atoms with van der Waals surface area (Å²) >= 11 is 0. The zero-order valence-electron chi connectivity index (χ0n) is 29.1. The highest BCUT2D eigenvalue weighted by atomic mass is 16.3. The number of para-hydroxylation sites is 1. The van der Waals surface area contributed by atoms with Gasteiger partial charge in [0, 0.05) is 32.8 Å². The first-order chi connectivity index (χ1) is 25.2. The van der Waals surface area contributed by atoms with Gasteiger partial charge >= 0.3 is 0 Å². The van der Waals surface area contributed by atoms with E-state index >= 15 is 0 Å². The lowest BCUT2D eigenvalue weighted by Crippen LogP contribution is -2.00. The molecule has 4 heteroatoms. The van der Waals surface area contributed by atoms with Crippen molar-refractivity contribution in [2.45, 2.75) is 52.4 Å². The molecule has 0 N–H and O–H groups in total. The molecular formula is C47H39N3O. The summed E-state index contributed by atoms with van der Waals surface area (Å²) in [5.41, 5.74) is 7.66. The van der Waals surface area contributed by atoms with Crippen LogP contribution in [0.1, 0.15) is 50.7 Å². The van der Waals surface area contributed by atoms with Gasteiger partial charge in [0.2, 0.25) is 0 Å². The van der Waals surface area contributed by atoms with Crippen molar-refractivity contribution in [3.8, 4) is 34.2 Å². The number of rotatable bonds is 9. The summed E-state index contributed by atoms with van der Waals surface area (Å²) in [6, 6.07) is 45.0. The summed E-state index contributed by atoms with van der Waals surface area (Å²) in [6.45, 7) is 4.57. The molecule has 0 saturated heterocycles. The molecule has 0 spiro atoms. The fourth-order valence-electron chi connectivity index (χ4n) is 7.72. The van der Waals surface area contributed by atoms with Gasteiger partial charge in [0.05, 0.1) is 0 Å². The Balaban J connectivity index is 1.37. The van der Waals surface area contributed by atoms with E-state index in [0.29, 0.717) is 17.5 Å². The van der Waals surface area contributed by atoms with Crippen molar-refractivity contribution >= 4 is 54.3 Å².